The summed E-state index contributed by atoms with van der Waals surface area (Å²) in [4.78, 5) is 28.0. The van der Waals surface area contributed by atoms with Crippen molar-refractivity contribution >= 4 is 17.5 Å². The Labute approximate surface area is 158 Å². The number of hydrogen-bond donors (Lipinski definition) is 1. The van der Waals surface area contributed by atoms with Gasteiger partial charge in [0.05, 0.1) is 11.5 Å². The molecule has 2 aromatic carbocycles. The lowest BCUT2D eigenvalue weighted by Gasteiger charge is -2.34. The van der Waals surface area contributed by atoms with Crippen LogP contribution in [0.5, 0.6) is 0 Å². The molecule has 2 aliphatic rings. The summed E-state index contributed by atoms with van der Waals surface area (Å²) in [5, 5.41) is 3.00. The molecule has 1 spiro atoms. The van der Waals surface area contributed by atoms with Crippen molar-refractivity contribution in [1.29, 1.82) is 0 Å². The Hall–Kier alpha value is -2.69. The van der Waals surface area contributed by atoms with E-state index in [-0.39, 0.29) is 23.7 Å². The number of hydrogen-bond acceptors (Lipinski definition) is 2. The second kappa shape index (κ2) is 6.48. The van der Waals surface area contributed by atoms with E-state index in [1.165, 1.54) is 6.07 Å². The number of aryl methyl sites for hydroxylation is 1. The van der Waals surface area contributed by atoms with Crippen LogP contribution in [0.15, 0.2) is 42.5 Å². The maximum atomic E-state index is 14.0. The first-order valence-electron chi connectivity index (χ1n) is 9.47. The lowest BCUT2D eigenvalue weighted by molar-refractivity contribution is -0.121. The van der Waals surface area contributed by atoms with Crippen LogP contribution in [-0.4, -0.2) is 29.3 Å². The summed E-state index contributed by atoms with van der Waals surface area (Å²) < 4.78 is 14.0. The topological polar surface area (TPSA) is 49.4 Å². The fraction of sp³-hybridized carbons (Fsp3) is 0.364. The maximum Gasteiger partial charge on any atom is 0.254 e. The van der Waals surface area contributed by atoms with Gasteiger partial charge in [0.15, 0.2) is 0 Å². The number of rotatable bonds is 3. The second-order valence-corrected chi connectivity index (χ2v) is 7.49. The predicted octanol–water partition coefficient (Wildman–Crippen LogP) is 4.04. The quantitative estimate of drug-likeness (QED) is 0.891. The van der Waals surface area contributed by atoms with Gasteiger partial charge in [0, 0.05) is 17.8 Å². The molecule has 2 heterocycles. The van der Waals surface area contributed by atoms with Crippen LogP contribution in [0.4, 0.5) is 10.1 Å². The molecule has 0 saturated carbocycles. The van der Waals surface area contributed by atoms with Gasteiger partial charge in [-0.2, -0.15) is 0 Å². The highest BCUT2D eigenvalue weighted by Gasteiger charge is 2.58. The van der Waals surface area contributed by atoms with E-state index in [4.69, 9.17) is 0 Å². The van der Waals surface area contributed by atoms with Crippen LogP contribution in [0.25, 0.3) is 0 Å². The number of anilines is 1. The molecular formula is C22H23FN2O2. The van der Waals surface area contributed by atoms with Crippen LogP contribution in [0.3, 0.4) is 0 Å². The zero-order chi connectivity index (χ0) is 19.2. The van der Waals surface area contributed by atoms with Crippen molar-refractivity contribution < 1.29 is 14.0 Å². The Kier molecular flexibility index (Phi) is 4.25. The van der Waals surface area contributed by atoms with E-state index in [1.54, 1.807) is 24.0 Å². The van der Waals surface area contributed by atoms with E-state index in [2.05, 4.69) is 12.2 Å². The van der Waals surface area contributed by atoms with Gasteiger partial charge in [-0.3, -0.25) is 9.59 Å². The van der Waals surface area contributed by atoms with Crippen molar-refractivity contribution in [2.45, 2.75) is 44.6 Å². The van der Waals surface area contributed by atoms with Gasteiger partial charge in [0.2, 0.25) is 5.91 Å². The molecule has 2 atom stereocenters. The Morgan fingerprint density at radius 3 is 2.81 bits per heavy atom. The molecule has 0 bridgehead atoms. The molecule has 1 N–H and O–H groups in total. The number of halogens is 1. The number of nitrogens with zero attached hydrogens (tertiary/aromatic N) is 1. The van der Waals surface area contributed by atoms with E-state index in [9.17, 15) is 14.0 Å². The number of amides is 2. The van der Waals surface area contributed by atoms with Crippen LogP contribution in [0, 0.1) is 12.7 Å². The van der Waals surface area contributed by atoms with E-state index < -0.39 is 5.41 Å². The van der Waals surface area contributed by atoms with E-state index in [1.807, 2.05) is 24.3 Å². The minimum Gasteiger partial charge on any atom is -0.334 e. The third-order valence-corrected chi connectivity index (χ3v) is 5.99. The van der Waals surface area contributed by atoms with Crippen LogP contribution >= 0.6 is 0 Å². The van der Waals surface area contributed by atoms with E-state index in [0.717, 1.165) is 24.1 Å². The number of para-hydroxylation sites is 1. The molecule has 4 rings (SSSR count). The third kappa shape index (κ3) is 2.56. The lowest BCUT2D eigenvalue weighted by atomic mass is 9.73. The summed E-state index contributed by atoms with van der Waals surface area (Å²) in [6.07, 6.45) is 2.16. The van der Waals surface area contributed by atoms with Crippen molar-refractivity contribution in [3.05, 3.63) is 65.0 Å². The Morgan fingerprint density at radius 1 is 1.30 bits per heavy atom. The first kappa shape index (κ1) is 17.7. The molecule has 0 radical (unpaired) electrons. The largest absolute Gasteiger partial charge is 0.334 e. The molecule has 27 heavy (non-hydrogen) atoms. The first-order valence-corrected chi connectivity index (χ1v) is 9.47. The molecule has 5 heteroatoms. The fourth-order valence-corrected chi connectivity index (χ4v) is 4.61. The van der Waals surface area contributed by atoms with E-state index in [0.29, 0.717) is 24.1 Å². The molecule has 0 unspecified atom stereocenters. The van der Waals surface area contributed by atoms with E-state index >= 15 is 0 Å². The number of nitrogens with one attached hydrogen (secondary N) is 1. The normalized spacial score (nSPS) is 23.6. The van der Waals surface area contributed by atoms with Gasteiger partial charge in [-0.25, -0.2) is 4.39 Å². The number of carbonyl (C=O) groups excluding carboxylic acids is 2. The Morgan fingerprint density at radius 2 is 2.07 bits per heavy atom. The standard InChI is InChI=1S/C22H23FN2O2/c1-3-6-19-22(16-7-4-5-8-18(16)24-21(22)27)11-12-25(19)20(26)15-10-9-14(2)17(23)13-15/h4-5,7-10,13,19H,3,6,11-12H2,1-2H3,(H,24,27)/t19-,22-/m0/s1. The zero-order valence-corrected chi connectivity index (χ0v) is 15.6. The van der Waals surface area contributed by atoms with Gasteiger partial charge in [-0.1, -0.05) is 37.6 Å². The van der Waals surface area contributed by atoms with Crippen LogP contribution in [0.2, 0.25) is 0 Å². The summed E-state index contributed by atoms with van der Waals surface area (Å²) >= 11 is 0. The SMILES string of the molecule is CCC[C@@H]1N(C(=O)c2ccc(C)c(F)c2)CC[C@@]12C(=O)Nc1ccccc12. The van der Waals surface area contributed by atoms with Crippen LogP contribution in [-0.2, 0) is 10.2 Å². The highest BCUT2D eigenvalue weighted by atomic mass is 19.1. The van der Waals surface area contributed by atoms with Crippen molar-refractivity contribution in [2.24, 2.45) is 0 Å². The van der Waals surface area contributed by atoms with Crippen molar-refractivity contribution in [3.63, 3.8) is 0 Å². The Balaban J connectivity index is 1.75. The molecule has 2 aromatic rings. The van der Waals surface area contributed by atoms with Gasteiger partial charge in [0.1, 0.15) is 5.82 Å². The smallest absolute Gasteiger partial charge is 0.254 e. The molecule has 1 saturated heterocycles. The molecule has 0 aliphatic carbocycles. The highest BCUT2D eigenvalue weighted by molar-refractivity contribution is 6.08. The summed E-state index contributed by atoms with van der Waals surface area (Å²) in [6.45, 7) is 4.22. The number of benzene rings is 2. The zero-order valence-electron chi connectivity index (χ0n) is 15.6. The summed E-state index contributed by atoms with van der Waals surface area (Å²) in [7, 11) is 0. The predicted molar refractivity (Wildman–Crippen MR) is 102 cm³/mol. The number of likely N-dealkylation sites (tertiary alicyclic amines) is 1. The highest BCUT2D eigenvalue weighted by Crippen LogP contribution is 2.49. The molecule has 2 amide bonds. The minimum atomic E-state index is -0.717. The molecule has 1 fully saturated rings. The van der Waals surface area contributed by atoms with Crippen molar-refractivity contribution in [1.82, 2.24) is 4.90 Å². The summed E-state index contributed by atoms with van der Waals surface area (Å²) in [5.41, 5.74) is 1.94. The van der Waals surface area contributed by atoms with Gasteiger partial charge in [0.25, 0.3) is 5.91 Å². The number of carbonyl (C=O) groups is 2. The third-order valence-electron chi connectivity index (χ3n) is 5.99. The fourth-order valence-electron chi connectivity index (χ4n) is 4.61. The first-order chi connectivity index (χ1) is 13.0. The average Bonchev–Trinajstić information content (AvgIpc) is 3.17. The van der Waals surface area contributed by atoms with Crippen molar-refractivity contribution in [2.75, 3.05) is 11.9 Å². The van der Waals surface area contributed by atoms with Crippen molar-refractivity contribution in [3.8, 4) is 0 Å². The van der Waals surface area contributed by atoms with Gasteiger partial charge >= 0.3 is 0 Å². The van der Waals surface area contributed by atoms with Crippen LogP contribution in [0.1, 0.15) is 47.7 Å². The summed E-state index contributed by atoms with van der Waals surface area (Å²) in [5.74, 6) is -0.625. The molecule has 0 aromatic heterocycles. The van der Waals surface area contributed by atoms with Gasteiger partial charge < -0.3 is 10.2 Å². The van der Waals surface area contributed by atoms with Gasteiger partial charge in [-0.15, -0.1) is 0 Å². The molecule has 140 valence electrons. The molecule has 4 nitrogen and oxygen atoms in total. The summed E-state index contributed by atoms with van der Waals surface area (Å²) in [6, 6.07) is 12.1. The van der Waals surface area contributed by atoms with Gasteiger partial charge in [-0.05, 0) is 49.1 Å². The average molecular weight is 366 g/mol. The molecule has 2 aliphatic heterocycles. The number of fused-ring (bicyclic) bond motifs is 2. The Bertz CT molecular complexity index is 926. The van der Waals surface area contributed by atoms with Crippen LogP contribution < -0.4 is 5.32 Å². The lowest BCUT2D eigenvalue weighted by Crippen LogP contribution is -2.48. The monoisotopic (exact) mass is 366 g/mol. The maximum absolute atomic E-state index is 14.0. The minimum absolute atomic E-state index is 0.0347. The molecular weight excluding hydrogens is 343 g/mol. The second-order valence-electron chi connectivity index (χ2n) is 7.49.